The predicted molar refractivity (Wildman–Crippen MR) is 131 cm³/mol. The number of halogens is 1. The van der Waals surface area contributed by atoms with Crippen LogP contribution in [0.1, 0.15) is 12.8 Å². The van der Waals surface area contributed by atoms with Crippen LogP contribution in [-0.4, -0.2) is 47.2 Å². The lowest BCUT2D eigenvalue weighted by Crippen LogP contribution is -2.11. The normalized spacial score (nSPS) is 11.0. The van der Waals surface area contributed by atoms with Crippen LogP contribution in [0.2, 0.25) is 5.02 Å². The van der Waals surface area contributed by atoms with E-state index in [9.17, 15) is 0 Å². The van der Waals surface area contributed by atoms with Gasteiger partial charge in [0, 0.05) is 35.9 Å². The highest BCUT2D eigenvalue weighted by molar-refractivity contribution is 6.31. The minimum absolute atomic E-state index is 0.181. The molecular weight excluding hydrogens is 428 g/mol. The average molecular weight is 453 g/mol. The SMILES string of the molecule is CNc1nc(N)nc(NCCCCNc2c3ccc(Cl)cc3nc3ccc(OC)cc23)n1. The van der Waals surface area contributed by atoms with Gasteiger partial charge in [0.1, 0.15) is 5.75 Å². The molecule has 2 aromatic carbocycles. The maximum absolute atomic E-state index is 6.20. The molecule has 4 aromatic rings. The molecule has 2 heterocycles. The first kappa shape index (κ1) is 21.6. The number of hydrogen-bond acceptors (Lipinski definition) is 9. The first-order chi connectivity index (χ1) is 15.6. The van der Waals surface area contributed by atoms with Crippen LogP contribution in [-0.2, 0) is 0 Å². The van der Waals surface area contributed by atoms with Crippen LogP contribution in [0.5, 0.6) is 5.75 Å². The summed E-state index contributed by atoms with van der Waals surface area (Å²) in [4.78, 5) is 17.1. The summed E-state index contributed by atoms with van der Waals surface area (Å²) in [7, 11) is 3.40. The van der Waals surface area contributed by atoms with Crippen molar-refractivity contribution < 1.29 is 4.74 Å². The number of anilines is 4. The molecule has 0 bridgehead atoms. The molecule has 0 radical (unpaired) electrons. The highest BCUT2D eigenvalue weighted by Crippen LogP contribution is 2.34. The monoisotopic (exact) mass is 452 g/mol. The molecule has 166 valence electrons. The summed E-state index contributed by atoms with van der Waals surface area (Å²) >= 11 is 6.20. The van der Waals surface area contributed by atoms with E-state index in [1.165, 1.54) is 0 Å². The number of nitrogen functional groups attached to an aromatic ring is 1. The summed E-state index contributed by atoms with van der Waals surface area (Å²) in [6.07, 6.45) is 1.86. The van der Waals surface area contributed by atoms with Crippen molar-refractivity contribution in [1.82, 2.24) is 19.9 Å². The molecule has 0 fully saturated rings. The van der Waals surface area contributed by atoms with E-state index in [2.05, 4.69) is 30.9 Å². The summed E-state index contributed by atoms with van der Waals surface area (Å²) in [6, 6.07) is 11.6. The molecule has 2 aromatic heterocycles. The standard InChI is InChI=1S/C22H25ClN8O/c1-25-21-29-20(24)30-22(31-21)27-10-4-3-9-26-19-15-7-5-13(23)11-18(15)28-17-8-6-14(32-2)12-16(17)19/h5-8,11-12H,3-4,9-10H2,1-2H3,(H,26,28)(H4,24,25,27,29,30,31). The van der Waals surface area contributed by atoms with Crippen LogP contribution < -0.4 is 26.4 Å². The van der Waals surface area contributed by atoms with Crippen molar-refractivity contribution in [3.05, 3.63) is 41.4 Å². The van der Waals surface area contributed by atoms with Crippen molar-refractivity contribution in [3.8, 4) is 5.75 Å². The predicted octanol–water partition coefficient (Wildman–Crippen LogP) is 4.16. The third kappa shape index (κ3) is 4.83. The lowest BCUT2D eigenvalue weighted by molar-refractivity contribution is 0.415. The van der Waals surface area contributed by atoms with Crippen molar-refractivity contribution in [2.45, 2.75) is 12.8 Å². The Morgan fingerprint density at radius 2 is 1.66 bits per heavy atom. The number of nitrogens with two attached hydrogens (primary N) is 1. The van der Waals surface area contributed by atoms with E-state index in [0.717, 1.165) is 59.2 Å². The Morgan fingerprint density at radius 1 is 0.875 bits per heavy atom. The lowest BCUT2D eigenvalue weighted by atomic mass is 10.1. The maximum Gasteiger partial charge on any atom is 0.229 e. The van der Waals surface area contributed by atoms with Crippen LogP contribution in [0.3, 0.4) is 0 Å². The second kappa shape index (κ2) is 9.69. The van der Waals surface area contributed by atoms with Gasteiger partial charge in [0.25, 0.3) is 0 Å². The Bertz CT molecular complexity index is 1250. The van der Waals surface area contributed by atoms with Crippen LogP contribution in [0.4, 0.5) is 23.5 Å². The maximum atomic E-state index is 6.20. The second-order valence-electron chi connectivity index (χ2n) is 7.18. The molecule has 5 N–H and O–H groups in total. The second-order valence-corrected chi connectivity index (χ2v) is 7.62. The molecule has 0 unspecified atom stereocenters. The van der Waals surface area contributed by atoms with E-state index < -0.39 is 0 Å². The van der Waals surface area contributed by atoms with E-state index in [1.54, 1.807) is 14.2 Å². The first-order valence-corrected chi connectivity index (χ1v) is 10.7. The van der Waals surface area contributed by atoms with Gasteiger partial charge >= 0.3 is 0 Å². The molecule has 0 aliphatic carbocycles. The van der Waals surface area contributed by atoms with E-state index >= 15 is 0 Å². The number of ether oxygens (including phenoxy) is 1. The van der Waals surface area contributed by atoms with Crippen molar-refractivity contribution in [1.29, 1.82) is 0 Å². The zero-order valence-electron chi connectivity index (χ0n) is 17.9. The number of unbranched alkanes of at least 4 members (excludes halogenated alkanes) is 1. The number of nitrogens with zero attached hydrogens (tertiary/aromatic N) is 4. The third-order valence-electron chi connectivity index (χ3n) is 5.01. The Morgan fingerprint density at radius 3 is 2.44 bits per heavy atom. The molecule has 0 atom stereocenters. The molecule has 9 nitrogen and oxygen atoms in total. The largest absolute Gasteiger partial charge is 0.497 e. The number of pyridine rings is 1. The topological polar surface area (TPSA) is 123 Å². The molecule has 0 spiro atoms. The van der Waals surface area contributed by atoms with Gasteiger partial charge in [0.2, 0.25) is 17.8 Å². The zero-order chi connectivity index (χ0) is 22.5. The summed E-state index contributed by atoms with van der Waals surface area (Å²) in [5, 5.41) is 12.3. The molecule has 0 saturated carbocycles. The number of nitrogens with one attached hydrogen (secondary N) is 3. The smallest absolute Gasteiger partial charge is 0.229 e. The van der Waals surface area contributed by atoms with Gasteiger partial charge in [-0.3, -0.25) is 0 Å². The minimum atomic E-state index is 0.181. The molecule has 0 saturated heterocycles. The van der Waals surface area contributed by atoms with Gasteiger partial charge in [-0.2, -0.15) is 15.0 Å². The molecule has 0 aliphatic rings. The fourth-order valence-electron chi connectivity index (χ4n) is 3.46. The third-order valence-corrected chi connectivity index (χ3v) is 5.24. The summed E-state index contributed by atoms with van der Waals surface area (Å²) in [5.74, 6) is 1.87. The van der Waals surface area contributed by atoms with Gasteiger partial charge in [-0.05, 0) is 49.2 Å². The van der Waals surface area contributed by atoms with E-state index in [1.807, 2.05) is 36.4 Å². The summed E-state index contributed by atoms with van der Waals surface area (Å²) in [6.45, 7) is 1.51. The van der Waals surface area contributed by atoms with Crippen LogP contribution >= 0.6 is 11.6 Å². The molecule has 10 heteroatoms. The van der Waals surface area contributed by atoms with E-state index in [-0.39, 0.29) is 5.95 Å². The van der Waals surface area contributed by atoms with Crippen molar-refractivity contribution in [3.63, 3.8) is 0 Å². The van der Waals surface area contributed by atoms with E-state index in [4.69, 9.17) is 27.1 Å². The molecule has 0 amide bonds. The van der Waals surface area contributed by atoms with Crippen LogP contribution in [0.25, 0.3) is 21.8 Å². The molecule has 4 rings (SSSR count). The summed E-state index contributed by atoms with van der Waals surface area (Å²) in [5.41, 5.74) is 8.46. The lowest BCUT2D eigenvalue weighted by Gasteiger charge is -2.14. The van der Waals surface area contributed by atoms with Gasteiger partial charge in [-0.1, -0.05) is 11.6 Å². The van der Waals surface area contributed by atoms with Crippen molar-refractivity contribution >= 4 is 56.9 Å². The van der Waals surface area contributed by atoms with Gasteiger partial charge in [-0.15, -0.1) is 0 Å². The van der Waals surface area contributed by atoms with Crippen molar-refractivity contribution in [2.75, 3.05) is 48.9 Å². The average Bonchev–Trinajstić information content (AvgIpc) is 2.79. The van der Waals surface area contributed by atoms with Gasteiger partial charge < -0.3 is 26.4 Å². The fourth-order valence-corrected chi connectivity index (χ4v) is 3.63. The van der Waals surface area contributed by atoms with Crippen LogP contribution in [0, 0.1) is 0 Å². The summed E-state index contributed by atoms with van der Waals surface area (Å²) < 4.78 is 5.42. The number of benzene rings is 2. The van der Waals surface area contributed by atoms with Gasteiger partial charge in [0.05, 0.1) is 23.8 Å². The fraction of sp³-hybridized carbons (Fsp3) is 0.273. The highest BCUT2D eigenvalue weighted by Gasteiger charge is 2.11. The molecule has 32 heavy (non-hydrogen) atoms. The number of hydrogen-bond donors (Lipinski definition) is 4. The zero-order valence-corrected chi connectivity index (χ0v) is 18.7. The first-order valence-electron chi connectivity index (χ1n) is 10.3. The number of aromatic nitrogens is 4. The van der Waals surface area contributed by atoms with Crippen molar-refractivity contribution in [2.24, 2.45) is 0 Å². The Kier molecular flexibility index (Phi) is 6.55. The number of methoxy groups -OCH3 is 1. The number of fused-ring (bicyclic) bond motifs is 2. The number of rotatable bonds is 9. The van der Waals surface area contributed by atoms with Crippen LogP contribution in [0.15, 0.2) is 36.4 Å². The Hall–Kier alpha value is -3.59. The van der Waals surface area contributed by atoms with Gasteiger partial charge in [-0.25, -0.2) is 4.98 Å². The Balaban J connectivity index is 1.44. The van der Waals surface area contributed by atoms with E-state index in [0.29, 0.717) is 16.9 Å². The minimum Gasteiger partial charge on any atom is -0.497 e. The van der Waals surface area contributed by atoms with Gasteiger partial charge in [0.15, 0.2) is 0 Å². The molecule has 0 aliphatic heterocycles. The molecular formula is C22H25ClN8O. The quantitative estimate of drug-likeness (QED) is 0.219. The Labute approximate surface area is 190 Å². The highest BCUT2D eigenvalue weighted by atomic mass is 35.5.